The minimum Gasteiger partial charge on any atom is -0.368 e. The summed E-state index contributed by atoms with van der Waals surface area (Å²) in [5.74, 6) is -0.252. The highest BCUT2D eigenvalue weighted by molar-refractivity contribution is 5.83. The minimum absolute atomic E-state index is 0.216. The van der Waals surface area contributed by atoms with Crippen LogP contribution < -0.4 is 5.73 Å². The SMILES string of the molecule is NC(=O)C1[CH]CCN1Cc1ccc2ccccc2c1. The maximum Gasteiger partial charge on any atom is 0.235 e. The molecule has 0 aromatic heterocycles. The van der Waals surface area contributed by atoms with E-state index in [9.17, 15) is 4.79 Å². The third kappa shape index (κ3) is 2.47. The second-order valence-electron chi connectivity index (χ2n) is 5.02. The largest absolute Gasteiger partial charge is 0.368 e. The molecule has 1 radical (unpaired) electrons. The van der Waals surface area contributed by atoms with Crippen molar-refractivity contribution in [3.05, 3.63) is 54.4 Å². The second-order valence-corrected chi connectivity index (χ2v) is 5.02. The predicted molar refractivity (Wildman–Crippen MR) is 76.3 cm³/mol. The Morgan fingerprint density at radius 2 is 2.00 bits per heavy atom. The van der Waals surface area contributed by atoms with Gasteiger partial charge >= 0.3 is 0 Å². The third-order valence-corrected chi connectivity index (χ3v) is 3.69. The molecule has 1 unspecified atom stereocenters. The van der Waals surface area contributed by atoms with Gasteiger partial charge in [-0.3, -0.25) is 9.69 Å². The number of fused-ring (bicyclic) bond motifs is 1. The van der Waals surface area contributed by atoms with E-state index in [1.807, 2.05) is 18.6 Å². The van der Waals surface area contributed by atoms with Crippen LogP contribution in [-0.2, 0) is 11.3 Å². The Bertz CT molecular complexity index is 608. The summed E-state index contributed by atoms with van der Waals surface area (Å²) in [5, 5.41) is 2.48. The highest BCUT2D eigenvalue weighted by Crippen LogP contribution is 2.21. The Morgan fingerprint density at radius 3 is 2.79 bits per heavy atom. The number of primary amides is 1. The van der Waals surface area contributed by atoms with E-state index in [0.717, 1.165) is 19.5 Å². The molecule has 1 saturated heterocycles. The molecule has 97 valence electrons. The molecule has 1 aliphatic heterocycles. The van der Waals surface area contributed by atoms with Gasteiger partial charge in [-0.25, -0.2) is 0 Å². The van der Waals surface area contributed by atoms with Crippen LogP contribution >= 0.6 is 0 Å². The standard InChI is InChI=1S/C16H17N2O/c17-16(19)15-6-3-9-18(15)11-12-7-8-13-4-1-2-5-14(13)10-12/h1-2,4-8,10,15H,3,9,11H2,(H2,17,19). The summed E-state index contributed by atoms with van der Waals surface area (Å²) in [6, 6.07) is 14.5. The van der Waals surface area contributed by atoms with E-state index in [0.29, 0.717) is 0 Å². The van der Waals surface area contributed by atoms with Gasteiger partial charge in [0.1, 0.15) is 0 Å². The molecule has 1 aliphatic rings. The quantitative estimate of drug-likeness (QED) is 0.910. The number of hydrogen-bond acceptors (Lipinski definition) is 2. The molecule has 0 bridgehead atoms. The van der Waals surface area contributed by atoms with Crippen LogP contribution in [0.3, 0.4) is 0 Å². The van der Waals surface area contributed by atoms with Gasteiger partial charge in [0.2, 0.25) is 5.91 Å². The lowest BCUT2D eigenvalue weighted by Gasteiger charge is -2.21. The van der Waals surface area contributed by atoms with Crippen molar-refractivity contribution in [1.29, 1.82) is 0 Å². The van der Waals surface area contributed by atoms with Crippen LogP contribution in [0.15, 0.2) is 42.5 Å². The lowest BCUT2D eigenvalue weighted by Crippen LogP contribution is -2.39. The molecule has 1 heterocycles. The number of carbonyl (C=O) groups is 1. The van der Waals surface area contributed by atoms with Crippen molar-refractivity contribution in [1.82, 2.24) is 4.90 Å². The van der Waals surface area contributed by atoms with E-state index in [1.165, 1.54) is 16.3 Å². The van der Waals surface area contributed by atoms with E-state index in [4.69, 9.17) is 5.73 Å². The molecular formula is C16H17N2O. The smallest absolute Gasteiger partial charge is 0.235 e. The number of benzene rings is 2. The maximum absolute atomic E-state index is 11.4. The fourth-order valence-electron chi connectivity index (χ4n) is 2.73. The lowest BCUT2D eigenvalue weighted by atomic mass is 10.1. The predicted octanol–water partition coefficient (Wildman–Crippen LogP) is 2.10. The lowest BCUT2D eigenvalue weighted by molar-refractivity contribution is -0.121. The second kappa shape index (κ2) is 5.02. The number of amides is 1. The van der Waals surface area contributed by atoms with Crippen LogP contribution in [0, 0.1) is 6.42 Å². The van der Waals surface area contributed by atoms with Crippen molar-refractivity contribution in [3.8, 4) is 0 Å². The molecule has 2 aromatic rings. The summed E-state index contributed by atoms with van der Waals surface area (Å²) in [6.45, 7) is 1.68. The number of hydrogen-bond donors (Lipinski definition) is 1. The van der Waals surface area contributed by atoms with E-state index in [-0.39, 0.29) is 11.9 Å². The topological polar surface area (TPSA) is 46.3 Å². The highest BCUT2D eigenvalue weighted by Gasteiger charge is 2.28. The molecule has 19 heavy (non-hydrogen) atoms. The van der Waals surface area contributed by atoms with E-state index in [1.54, 1.807) is 0 Å². The first-order valence-electron chi connectivity index (χ1n) is 6.58. The Kier molecular flexibility index (Phi) is 3.22. The summed E-state index contributed by atoms with van der Waals surface area (Å²) in [6.07, 6.45) is 2.94. The summed E-state index contributed by atoms with van der Waals surface area (Å²) >= 11 is 0. The average Bonchev–Trinajstić information content (AvgIpc) is 2.87. The number of rotatable bonds is 3. The summed E-state index contributed by atoms with van der Waals surface area (Å²) in [5.41, 5.74) is 6.64. The van der Waals surface area contributed by atoms with Gasteiger partial charge in [0.25, 0.3) is 0 Å². The van der Waals surface area contributed by atoms with Gasteiger partial charge in [-0.2, -0.15) is 0 Å². The molecule has 1 amide bonds. The molecule has 0 spiro atoms. The highest BCUT2D eigenvalue weighted by atomic mass is 16.1. The molecular weight excluding hydrogens is 236 g/mol. The van der Waals surface area contributed by atoms with Crippen molar-refractivity contribution >= 4 is 16.7 Å². The van der Waals surface area contributed by atoms with Gasteiger partial charge in [-0.05, 0) is 41.8 Å². The zero-order valence-electron chi connectivity index (χ0n) is 10.8. The Labute approximate surface area is 113 Å². The first-order valence-corrected chi connectivity index (χ1v) is 6.58. The van der Waals surface area contributed by atoms with Gasteiger partial charge in [-0.15, -0.1) is 0 Å². The van der Waals surface area contributed by atoms with Gasteiger partial charge < -0.3 is 5.73 Å². The van der Waals surface area contributed by atoms with Gasteiger partial charge in [0.15, 0.2) is 0 Å². The van der Waals surface area contributed by atoms with Gasteiger partial charge in [0.05, 0.1) is 6.04 Å². The molecule has 1 atom stereocenters. The molecule has 3 nitrogen and oxygen atoms in total. The Balaban J connectivity index is 1.83. The number of nitrogens with zero attached hydrogens (tertiary/aromatic N) is 1. The average molecular weight is 253 g/mol. The molecule has 0 saturated carbocycles. The first kappa shape index (κ1) is 12.2. The van der Waals surface area contributed by atoms with Gasteiger partial charge in [-0.1, -0.05) is 36.4 Å². The van der Waals surface area contributed by atoms with Crippen LogP contribution in [-0.4, -0.2) is 23.4 Å². The third-order valence-electron chi connectivity index (χ3n) is 3.69. The first-order chi connectivity index (χ1) is 9.24. The van der Waals surface area contributed by atoms with E-state index in [2.05, 4.69) is 35.2 Å². The molecule has 1 fully saturated rings. The van der Waals surface area contributed by atoms with Crippen LogP contribution in [0.2, 0.25) is 0 Å². The maximum atomic E-state index is 11.4. The summed E-state index contributed by atoms with van der Waals surface area (Å²) < 4.78 is 0. The van der Waals surface area contributed by atoms with Crippen molar-refractivity contribution in [2.45, 2.75) is 19.0 Å². The Morgan fingerprint density at radius 1 is 1.21 bits per heavy atom. The summed E-state index contributed by atoms with van der Waals surface area (Å²) in [7, 11) is 0. The Hall–Kier alpha value is -1.87. The van der Waals surface area contributed by atoms with E-state index < -0.39 is 0 Å². The van der Waals surface area contributed by atoms with Crippen LogP contribution in [0.25, 0.3) is 10.8 Å². The zero-order valence-corrected chi connectivity index (χ0v) is 10.8. The zero-order chi connectivity index (χ0) is 13.2. The van der Waals surface area contributed by atoms with Crippen molar-refractivity contribution < 1.29 is 4.79 Å². The van der Waals surface area contributed by atoms with Crippen molar-refractivity contribution in [3.63, 3.8) is 0 Å². The summed E-state index contributed by atoms with van der Waals surface area (Å²) in [4.78, 5) is 13.5. The molecule has 0 aliphatic carbocycles. The monoisotopic (exact) mass is 253 g/mol. The van der Waals surface area contributed by atoms with Crippen LogP contribution in [0.1, 0.15) is 12.0 Å². The van der Waals surface area contributed by atoms with Crippen molar-refractivity contribution in [2.24, 2.45) is 5.73 Å². The van der Waals surface area contributed by atoms with Gasteiger partial charge in [0, 0.05) is 6.54 Å². The van der Waals surface area contributed by atoms with Crippen LogP contribution in [0.4, 0.5) is 0 Å². The number of likely N-dealkylation sites (tertiary alicyclic amines) is 1. The fourth-order valence-corrected chi connectivity index (χ4v) is 2.73. The van der Waals surface area contributed by atoms with E-state index >= 15 is 0 Å². The molecule has 3 heteroatoms. The molecule has 3 rings (SSSR count). The number of carbonyl (C=O) groups excluding carboxylic acids is 1. The minimum atomic E-state index is -0.252. The normalized spacial score (nSPS) is 19.9. The number of nitrogens with two attached hydrogens (primary N) is 1. The fraction of sp³-hybridized carbons (Fsp3) is 0.250. The van der Waals surface area contributed by atoms with Crippen LogP contribution in [0.5, 0.6) is 0 Å². The molecule has 2 N–H and O–H groups in total. The molecule has 2 aromatic carbocycles. The van der Waals surface area contributed by atoms with Crippen molar-refractivity contribution in [2.75, 3.05) is 6.54 Å².